The van der Waals surface area contributed by atoms with Gasteiger partial charge in [-0.15, -0.1) is 0 Å². The molecule has 1 atom stereocenters. The molecule has 0 saturated heterocycles. The van der Waals surface area contributed by atoms with E-state index in [9.17, 15) is 19.5 Å². The van der Waals surface area contributed by atoms with Crippen LogP contribution in [-0.4, -0.2) is 57.8 Å². The Balaban J connectivity index is 2.01. The van der Waals surface area contributed by atoms with Crippen molar-refractivity contribution in [2.75, 3.05) is 18.8 Å². The van der Waals surface area contributed by atoms with Gasteiger partial charge >= 0.3 is 17.3 Å². The lowest BCUT2D eigenvalue weighted by Crippen LogP contribution is -2.50. The van der Waals surface area contributed by atoms with Crippen LogP contribution in [0.3, 0.4) is 0 Å². The maximum Gasteiger partial charge on any atom is 0.367 e. The molecule has 0 aliphatic heterocycles. The number of carboxylic acid groups (broad SMARTS) is 1. The Morgan fingerprint density at radius 2 is 1.55 bits per heavy atom. The highest BCUT2D eigenvalue weighted by atomic mass is 32.2. The van der Waals surface area contributed by atoms with E-state index in [1.807, 2.05) is 60.7 Å². The van der Waals surface area contributed by atoms with E-state index < -0.39 is 28.9 Å². The standard InChI is InChI=1S/C25H32N2O5S/c1-25(2,3)32-24(31)33-17-16-27(15-14-19-10-6-4-7-11-19)23(30)26-21(22(28)29)18-20-12-8-5-9-13-20/h4-13,21H,14-18H2,1-3H3,(H,26,30)(H,28,29)/t21-/m0/s1. The summed E-state index contributed by atoms with van der Waals surface area (Å²) in [4.78, 5) is 38.3. The number of hydrogen-bond acceptors (Lipinski definition) is 5. The highest BCUT2D eigenvalue weighted by Crippen LogP contribution is 2.15. The summed E-state index contributed by atoms with van der Waals surface area (Å²) < 4.78 is 5.30. The highest BCUT2D eigenvalue weighted by molar-refractivity contribution is 8.13. The molecule has 0 unspecified atom stereocenters. The number of hydrogen-bond donors (Lipinski definition) is 2. The van der Waals surface area contributed by atoms with Crippen molar-refractivity contribution in [3.63, 3.8) is 0 Å². The summed E-state index contributed by atoms with van der Waals surface area (Å²) in [5, 5.41) is 11.9. The van der Waals surface area contributed by atoms with E-state index in [1.54, 1.807) is 25.7 Å². The van der Waals surface area contributed by atoms with Crippen LogP contribution in [0.1, 0.15) is 31.9 Å². The number of rotatable bonds is 10. The maximum atomic E-state index is 13.0. The fourth-order valence-corrected chi connectivity index (χ4v) is 3.82. The zero-order valence-electron chi connectivity index (χ0n) is 19.3. The molecule has 7 nitrogen and oxygen atoms in total. The lowest BCUT2D eigenvalue weighted by molar-refractivity contribution is -0.139. The van der Waals surface area contributed by atoms with Crippen molar-refractivity contribution in [2.45, 2.75) is 45.3 Å². The fourth-order valence-electron chi connectivity index (χ4n) is 3.03. The molecule has 0 saturated carbocycles. The Morgan fingerprint density at radius 1 is 0.970 bits per heavy atom. The van der Waals surface area contributed by atoms with Gasteiger partial charge in [-0.2, -0.15) is 0 Å². The van der Waals surface area contributed by atoms with Gasteiger partial charge in [0.2, 0.25) is 0 Å². The van der Waals surface area contributed by atoms with Crippen molar-refractivity contribution in [2.24, 2.45) is 0 Å². The summed E-state index contributed by atoms with van der Waals surface area (Å²) in [5.41, 5.74) is 1.30. The van der Waals surface area contributed by atoms with Crippen LogP contribution in [-0.2, 0) is 22.4 Å². The Kier molecular flexibility index (Phi) is 10.3. The number of carboxylic acids is 1. The molecule has 2 aromatic rings. The second-order valence-corrected chi connectivity index (χ2v) is 9.60. The summed E-state index contributed by atoms with van der Waals surface area (Å²) >= 11 is 0.999. The van der Waals surface area contributed by atoms with Crippen LogP contribution in [0.25, 0.3) is 0 Å². The summed E-state index contributed by atoms with van der Waals surface area (Å²) in [5.74, 6) is -0.758. The number of thioether (sulfide) groups is 1. The van der Waals surface area contributed by atoms with E-state index in [-0.39, 0.29) is 13.0 Å². The number of carbonyl (C=O) groups is 3. The van der Waals surface area contributed by atoms with Gasteiger partial charge in [0.15, 0.2) is 0 Å². The Labute approximate surface area is 199 Å². The van der Waals surface area contributed by atoms with E-state index in [0.29, 0.717) is 18.7 Å². The van der Waals surface area contributed by atoms with Gasteiger partial charge in [-0.3, -0.25) is 0 Å². The van der Waals surface area contributed by atoms with Crippen LogP contribution in [0.15, 0.2) is 60.7 Å². The predicted molar refractivity (Wildman–Crippen MR) is 131 cm³/mol. The number of nitrogens with zero attached hydrogens (tertiary/aromatic N) is 1. The summed E-state index contributed by atoms with van der Waals surface area (Å²) in [6.07, 6.45) is 0.795. The third-order valence-corrected chi connectivity index (χ3v) is 5.36. The quantitative estimate of drug-likeness (QED) is 0.491. The molecule has 0 aliphatic carbocycles. The lowest BCUT2D eigenvalue weighted by atomic mass is 10.1. The van der Waals surface area contributed by atoms with Crippen molar-refractivity contribution in [1.29, 1.82) is 0 Å². The minimum Gasteiger partial charge on any atom is -0.480 e. The first-order chi connectivity index (χ1) is 15.6. The third-order valence-electron chi connectivity index (χ3n) is 4.65. The van der Waals surface area contributed by atoms with Gasteiger partial charge in [0.1, 0.15) is 11.6 Å². The molecule has 33 heavy (non-hydrogen) atoms. The monoisotopic (exact) mass is 472 g/mol. The zero-order chi connectivity index (χ0) is 24.3. The Bertz CT molecular complexity index is 900. The van der Waals surface area contributed by atoms with Gasteiger partial charge in [-0.05, 0) is 50.1 Å². The van der Waals surface area contributed by atoms with Gasteiger partial charge < -0.3 is 20.1 Å². The smallest absolute Gasteiger partial charge is 0.367 e. The topological polar surface area (TPSA) is 95.9 Å². The molecule has 8 heteroatoms. The maximum absolute atomic E-state index is 13.0. The first-order valence-corrected chi connectivity index (χ1v) is 11.8. The average Bonchev–Trinajstić information content (AvgIpc) is 2.75. The van der Waals surface area contributed by atoms with Crippen molar-refractivity contribution in [1.82, 2.24) is 10.2 Å². The first kappa shape index (κ1) is 26.3. The summed E-state index contributed by atoms with van der Waals surface area (Å²) in [6, 6.07) is 17.4. The second-order valence-electron chi connectivity index (χ2n) is 8.57. The van der Waals surface area contributed by atoms with E-state index in [4.69, 9.17) is 4.74 Å². The van der Waals surface area contributed by atoms with E-state index in [0.717, 1.165) is 22.9 Å². The number of amides is 2. The molecule has 0 spiro atoms. The zero-order valence-corrected chi connectivity index (χ0v) is 20.1. The molecule has 2 N–H and O–H groups in total. The molecular weight excluding hydrogens is 440 g/mol. The van der Waals surface area contributed by atoms with E-state index >= 15 is 0 Å². The molecule has 0 fully saturated rings. The number of ether oxygens (including phenoxy) is 1. The van der Waals surface area contributed by atoms with Gasteiger partial charge in [-0.25, -0.2) is 14.4 Å². The normalized spacial score (nSPS) is 12.0. The molecule has 0 radical (unpaired) electrons. The number of nitrogens with one attached hydrogen (secondary N) is 1. The van der Waals surface area contributed by atoms with Crippen LogP contribution in [0.2, 0.25) is 0 Å². The van der Waals surface area contributed by atoms with Gasteiger partial charge in [0.05, 0.1) is 0 Å². The fraction of sp³-hybridized carbons (Fsp3) is 0.400. The first-order valence-electron chi connectivity index (χ1n) is 10.9. The van der Waals surface area contributed by atoms with E-state index in [1.165, 1.54) is 0 Å². The number of benzene rings is 2. The predicted octanol–water partition coefficient (Wildman–Crippen LogP) is 4.60. The van der Waals surface area contributed by atoms with Crippen LogP contribution >= 0.6 is 11.8 Å². The molecule has 2 aromatic carbocycles. The minimum absolute atomic E-state index is 0.182. The van der Waals surface area contributed by atoms with Crippen molar-refractivity contribution in [3.8, 4) is 0 Å². The Hall–Kier alpha value is -3.00. The SMILES string of the molecule is CC(C)(C)OC(=O)SCCN(CCc1ccccc1)C(=O)N[C@@H](Cc1ccccc1)C(=O)O. The Morgan fingerprint density at radius 3 is 2.09 bits per heavy atom. The van der Waals surface area contributed by atoms with E-state index in [2.05, 4.69) is 5.32 Å². The second kappa shape index (κ2) is 12.9. The highest BCUT2D eigenvalue weighted by Gasteiger charge is 2.24. The van der Waals surface area contributed by atoms with Gasteiger partial charge in [-0.1, -0.05) is 60.7 Å². The third kappa shape index (κ3) is 10.4. The van der Waals surface area contributed by atoms with Crippen LogP contribution < -0.4 is 5.32 Å². The molecule has 178 valence electrons. The largest absolute Gasteiger partial charge is 0.480 e. The average molecular weight is 473 g/mol. The molecule has 0 bridgehead atoms. The van der Waals surface area contributed by atoms with Crippen LogP contribution in [0.5, 0.6) is 0 Å². The van der Waals surface area contributed by atoms with Crippen LogP contribution in [0.4, 0.5) is 9.59 Å². The molecular formula is C25H32N2O5S. The van der Waals surface area contributed by atoms with Crippen molar-refractivity contribution >= 4 is 29.1 Å². The minimum atomic E-state index is -1.10. The number of urea groups is 1. The summed E-state index contributed by atoms with van der Waals surface area (Å²) in [7, 11) is 0. The van der Waals surface area contributed by atoms with Gasteiger partial charge in [0, 0.05) is 25.3 Å². The molecule has 2 amide bonds. The number of carbonyl (C=O) groups excluding carboxylic acids is 2. The number of aliphatic carboxylic acids is 1. The molecule has 0 aromatic heterocycles. The summed E-state index contributed by atoms with van der Waals surface area (Å²) in [6.45, 7) is 6.06. The van der Waals surface area contributed by atoms with Gasteiger partial charge in [0.25, 0.3) is 0 Å². The molecule has 0 aliphatic rings. The molecule has 2 rings (SSSR count). The lowest BCUT2D eigenvalue weighted by Gasteiger charge is -2.25. The van der Waals surface area contributed by atoms with Crippen molar-refractivity contribution < 1.29 is 24.2 Å². The van der Waals surface area contributed by atoms with Crippen molar-refractivity contribution in [3.05, 3.63) is 71.8 Å². The van der Waals surface area contributed by atoms with Crippen LogP contribution in [0, 0.1) is 0 Å². The molecule has 0 heterocycles.